The minimum atomic E-state index is -0.423. The average Bonchev–Trinajstić information content (AvgIpc) is 3.34. The second kappa shape index (κ2) is 13.4. The van der Waals surface area contributed by atoms with E-state index in [1.54, 1.807) is 18.0 Å². The Bertz CT molecular complexity index is 1670. The van der Waals surface area contributed by atoms with E-state index in [-0.39, 0.29) is 23.6 Å². The van der Waals surface area contributed by atoms with E-state index in [0.717, 1.165) is 37.4 Å². The van der Waals surface area contributed by atoms with Crippen LogP contribution in [0, 0.1) is 11.7 Å². The first kappa shape index (κ1) is 30.9. The lowest BCUT2D eigenvalue weighted by molar-refractivity contribution is -0.124. The molecule has 0 radical (unpaired) electrons. The number of likely N-dealkylation sites (N-methyl/N-ethyl adjacent to an activating group) is 2. The molecule has 1 aliphatic rings. The van der Waals surface area contributed by atoms with Gasteiger partial charge in [0, 0.05) is 62.3 Å². The number of aliphatic imine (C=N–C) groups is 1. The summed E-state index contributed by atoms with van der Waals surface area (Å²) >= 11 is 0. The quantitative estimate of drug-likeness (QED) is 0.243. The summed E-state index contributed by atoms with van der Waals surface area (Å²) in [7, 11) is 3.86. The minimum Gasteiger partial charge on any atom is -0.494 e. The van der Waals surface area contributed by atoms with E-state index in [9.17, 15) is 19.1 Å². The summed E-state index contributed by atoms with van der Waals surface area (Å²) in [4.78, 5) is 39.1. The van der Waals surface area contributed by atoms with Gasteiger partial charge in [0.15, 0.2) is 5.88 Å². The molecule has 3 aromatic carbocycles. The Labute approximate surface area is 257 Å². The maximum absolute atomic E-state index is 14.0. The van der Waals surface area contributed by atoms with Crippen molar-refractivity contribution in [1.29, 1.82) is 0 Å². The van der Waals surface area contributed by atoms with Gasteiger partial charge in [-0.05, 0) is 61.1 Å². The molecule has 2 amide bonds. The van der Waals surface area contributed by atoms with Crippen molar-refractivity contribution >= 4 is 39.8 Å². The number of amides is 2. The number of carbonyl (C=O) groups is 2. The van der Waals surface area contributed by atoms with Gasteiger partial charge in [0.05, 0.1) is 29.0 Å². The summed E-state index contributed by atoms with van der Waals surface area (Å²) in [6.07, 6.45) is 0. The molecule has 3 N–H and O–H groups in total. The second-order valence-corrected chi connectivity index (χ2v) is 11.6. The number of piperazine rings is 1. The molecular formula is C34H39FN6O3. The number of rotatable bonds is 9. The Morgan fingerprint density at radius 1 is 1.05 bits per heavy atom. The molecule has 0 bridgehead atoms. The van der Waals surface area contributed by atoms with Crippen molar-refractivity contribution in [2.45, 2.75) is 20.4 Å². The van der Waals surface area contributed by atoms with Crippen molar-refractivity contribution in [2.24, 2.45) is 10.9 Å². The van der Waals surface area contributed by atoms with Crippen molar-refractivity contribution < 1.29 is 19.1 Å². The fourth-order valence-electron chi connectivity index (χ4n) is 5.21. The van der Waals surface area contributed by atoms with E-state index in [1.807, 2.05) is 62.4 Å². The van der Waals surface area contributed by atoms with Gasteiger partial charge in [-0.2, -0.15) is 0 Å². The van der Waals surface area contributed by atoms with Crippen LogP contribution in [0.25, 0.3) is 10.9 Å². The van der Waals surface area contributed by atoms with Gasteiger partial charge in [0.1, 0.15) is 5.82 Å². The molecule has 9 nitrogen and oxygen atoms in total. The Hall–Kier alpha value is -4.54. The minimum absolute atomic E-state index is 0.0174. The smallest absolute Gasteiger partial charge is 0.240 e. The third-order valence-corrected chi connectivity index (χ3v) is 7.98. The molecule has 0 atom stereocenters. The lowest BCUT2D eigenvalue weighted by Gasteiger charge is -2.32. The molecule has 1 aliphatic heterocycles. The number of hydrogen-bond acceptors (Lipinski definition) is 6. The molecule has 4 aromatic rings. The first-order valence-electron chi connectivity index (χ1n) is 14.8. The summed E-state index contributed by atoms with van der Waals surface area (Å²) in [5, 5.41) is 14.6. The van der Waals surface area contributed by atoms with Crippen LogP contribution in [0.2, 0.25) is 0 Å². The Morgan fingerprint density at radius 3 is 2.48 bits per heavy atom. The number of benzene rings is 3. The zero-order valence-electron chi connectivity index (χ0n) is 25.6. The summed E-state index contributed by atoms with van der Waals surface area (Å²) < 4.78 is 14.0. The third kappa shape index (κ3) is 7.15. The van der Waals surface area contributed by atoms with E-state index in [1.165, 1.54) is 12.1 Å². The van der Waals surface area contributed by atoms with Crippen molar-refractivity contribution in [1.82, 2.24) is 20.1 Å². The molecule has 2 heterocycles. The normalized spacial score (nSPS) is 14.7. The highest BCUT2D eigenvalue weighted by atomic mass is 19.1. The standard InChI is InChI=1S/C34H39FN6O3/c1-22(2)33(43)36-20-23-6-5-7-24(18-23)32(31-28-13-8-25(35)19-29(28)38-34(31)44)37-26-9-11-27(12-10-26)40(4)30(42)21-41-16-14-39(3)15-17-41/h5-13,18-19,22,38,44H,14-17,20-21H2,1-4H3,(H,36,43). The van der Waals surface area contributed by atoms with Crippen LogP contribution in [0.5, 0.6) is 5.88 Å². The van der Waals surface area contributed by atoms with Crippen LogP contribution in [0.15, 0.2) is 71.7 Å². The number of anilines is 1. The number of halogens is 1. The number of aromatic hydroxyl groups is 1. The molecule has 0 spiro atoms. The van der Waals surface area contributed by atoms with E-state index in [2.05, 4.69) is 27.1 Å². The molecule has 5 rings (SSSR count). The molecule has 0 unspecified atom stereocenters. The summed E-state index contributed by atoms with van der Waals surface area (Å²) in [6, 6.07) is 19.2. The first-order valence-corrected chi connectivity index (χ1v) is 14.8. The predicted molar refractivity (Wildman–Crippen MR) is 172 cm³/mol. The van der Waals surface area contributed by atoms with Crippen LogP contribution in [0.3, 0.4) is 0 Å². The van der Waals surface area contributed by atoms with Gasteiger partial charge in [-0.1, -0.05) is 32.0 Å². The fourth-order valence-corrected chi connectivity index (χ4v) is 5.21. The lowest BCUT2D eigenvalue weighted by atomic mass is 9.99. The first-order chi connectivity index (χ1) is 21.1. The highest BCUT2D eigenvalue weighted by Gasteiger charge is 2.21. The van der Waals surface area contributed by atoms with Crippen LogP contribution in [-0.2, 0) is 16.1 Å². The van der Waals surface area contributed by atoms with E-state index >= 15 is 0 Å². The van der Waals surface area contributed by atoms with Crippen molar-refractivity contribution in [2.75, 3.05) is 51.7 Å². The number of fused-ring (bicyclic) bond motifs is 1. The summed E-state index contributed by atoms with van der Waals surface area (Å²) in [5.74, 6) is -0.721. The monoisotopic (exact) mass is 598 g/mol. The Morgan fingerprint density at radius 2 is 1.77 bits per heavy atom. The molecule has 0 aliphatic carbocycles. The summed E-state index contributed by atoms with van der Waals surface area (Å²) in [5.41, 5.74) is 4.30. The zero-order valence-corrected chi connectivity index (χ0v) is 25.6. The highest BCUT2D eigenvalue weighted by molar-refractivity contribution is 6.22. The molecule has 1 fully saturated rings. The number of nitrogens with one attached hydrogen (secondary N) is 2. The van der Waals surface area contributed by atoms with Gasteiger partial charge in [-0.3, -0.25) is 14.5 Å². The molecule has 1 saturated heterocycles. The molecule has 230 valence electrons. The molecule has 44 heavy (non-hydrogen) atoms. The number of carbonyl (C=O) groups excluding carboxylic acids is 2. The van der Waals surface area contributed by atoms with Crippen LogP contribution < -0.4 is 10.2 Å². The van der Waals surface area contributed by atoms with Gasteiger partial charge < -0.3 is 25.2 Å². The van der Waals surface area contributed by atoms with Crippen molar-refractivity contribution in [3.63, 3.8) is 0 Å². The van der Waals surface area contributed by atoms with Crippen LogP contribution in [-0.4, -0.2) is 84.2 Å². The largest absolute Gasteiger partial charge is 0.494 e. The lowest BCUT2D eigenvalue weighted by Crippen LogP contribution is -2.48. The third-order valence-electron chi connectivity index (χ3n) is 7.98. The van der Waals surface area contributed by atoms with Crippen LogP contribution >= 0.6 is 0 Å². The van der Waals surface area contributed by atoms with Gasteiger partial charge in [-0.15, -0.1) is 0 Å². The van der Waals surface area contributed by atoms with E-state index in [0.29, 0.717) is 46.5 Å². The van der Waals surface area contributed by atoms with Crippen LogP contribution in [0.1, 0.15) is 30.5 Å². The average molecular weight is 599 g/mol. The Balaban J connectivity index is 1.46. The number of H-pyrrole nitrogens is 1. The van der Waals surface area contributed by atoms with Gasteiger partial charge in [-0.25, -0.2) is 9.38 Å². The fraction of sp³-hybridized carbons (Fsp3) is 0.324. The Kier molecular flexibility index (Phi) is 9.41. The number of aromatic amines is 1. The van der Waals surface area contributed by atoms with Crippen molar-refractivity contribution in [3.8, 4) is 5.88 Å². The molecule has 1 aromatic heterocycles. The number of nitrogens with zero attached hydrogens (tertiary/aromatic N) is 4. The highest BCUT2D eigenvalue weighted by Crippen LogP contribution is 2.32. The van der Waals surface area contributed by atoms with Gasteiger partial charge >= 0.3 is 0 Å². The van der Waals surface area contributed by atoms with Crippen molar-refractivity contribution in [3.05, 3.63) is 89.2 Å². The number of hydrogen-bond donors (Lipinski definition) is 3. The topological polar surface area (TPSA) is 104 Å². The molecular weight excluding hydrogens is 559 g/mol. The number of aromatic nitrogens is 1. The predicted octanol–water partition coefficient (Wildman–Crippen LogP) is 4.66. The van der Waals surface area contributed by atoms with Gasteiger partial charge in [0.25, 0.3) is 0 Å². The molecule has 0 saturated carbocycles. The zero-order chi connectivity index (χ0) is 31.4. The maximum Gasteiger partial charge on any atom is 0.240 e. The maximum atomic E-state index is 14.0. The van der Waals surface area contributed by atoms with E-state index in [4.69, 9.17) is 4.99 Å². The molecule has 10 heteroatoms. The van der Waals surface area contributed by atoms with E-state index < -0.39 is 5.82 Å². The SMILES string of the molecule is CC(C)C(=O)NCc1cccc(C(=Nc2ccc(N(C)C(=O)CN3CCN(C)CC3)cc2)c2c(O)[nH]c3cc(F)ccc23)c1. The second-order valence-electron chi connectivity index (χ2n) is 11.6. The van der Waals surface area contributed by atoms with Crippen LogP contribution in [0.4, 0.5) is 15.8 Å². The van der Waals surface area contributed by atoms with Gasteiger partial charge in [0.2, 0.25) is 11.8 Å². The summed E-state index contributed by atoms with van der Waals surface area (Å²) in [6.45, 7) is 8.01.